The number of amides is 1. The number of rotatable bonds is 3. The van der Waals surface area contributed by atoms with Crippen LogP contribution in [0.1, 0.15) is 12.0 Å². The molecule has 0 spiro atoms. The van der Waals surface area contributed by atoms with Gasteiger partial charge in [0.2, 0.25) is 5.91 Å². The lowest BCUT2D eigenvalue weighted by atomic mass is 10.1. The lowest BCUT2D eigenvalue weighted by molar-refractivity contribution is -0.119. The van der Waals surface area contributed by atoms with Crippen molar-refractivity contribution in [2.24, 2.45) is 5.92 Å². The number of benzene rings is 1. The molecule has 0 bridgehead atoms. The van der Waals surface area contributed by atoms with Crippen molar-refractivity contribution < 1.29 is 4.79 Å². The number of alkyl halides is 1. The van der Waals surface area contributed by atoms with E-state index < -0.39 is 0 Å². The maximum Gasteiger partial charge on any atom is 0.228 e. The number of carbonyl (C=O) groups excluding carboxylic acids is 1. The summed E-state index contributed by atoms with van der Waals surface area (Å²) in [6.45, 7) is 0. The molecule has 2 rings (SSSR count). The first kappa shape index (κ1) is 11.8. The fourth-order valence-electron chi connectivity index (χ4n) is 1.72. The largest absolute Gasteiger partial charge is 0.326 e. The summed E-state index contributed by atoms with van der Waals surface area (Å²) in [5, 5.41) is 2.95. The van der Waals surface area contributed by atoms with Crippen molar-refractivity contribution in [1.29, 1.82) is 0 Å². The van der Waals surface area contributed by atoms with E-state index in [1.165, 1.54) is 0 Å². The highest BCUT2D eigenvalue weighted by atomic mass is 35.5. The topological polar surface area (TPSA) is 29.1 Å². The van der Waals surface area contributed by atoms with Crippen molar-refractivity contribution in [3.63, 3.8) is 0 Å². The van der Waals surface area contributed by atoms with Crippen LogP contribution < -0.4 is 5.32 Å². The summed E-state index contributed by atoms with van der Waals surface area (Å²) in [6, 6.07) is 7.69. The van der Waals surface area contributed by atoms with E-state index in [9.17, 15) is 4.79 Å². The first-order valence-electron chi connectivity index (χ1n) is 5.33. The molecule has 4 heteroatoms. The van der Waals surface area contributed by atoms with Gasteiger partial charge in [-0.3, -0.25) is 4.79 Å². The van der Waals surface area contributed by atoms with Crippen LogP contribution >= 0.6 is 23.4 Å². The van der Waals surface area contributed by atoms with Crippen LogP contribution in [0.3, 0.4) is 0 Å². The molecule has 16 heavy (non-hydrogen) atoms. The summed E-state index contributed by atoms with van der Waals surface area (Å²) in [5.41, 5.74) is 1.88. The van der Waals surface area contributed by atoms with Gasteiger partial charge < -0.3 is 5.32 Å². The average Bonchev–Trinajstić information content (AvgIpc) is 2.83. The van der Waals surface area contributed by atoms with E-state index in [1.807, 2.05) is 36.0 Å². The molecule has 1 aliphatic rings. The highest BCUT2D eigenvalue weighted by molar-refractivity contribution is 7.99. The SMILES string of the molecule is O=C(Nc1cccc(CCl)c1)C1CCSC1. The van der Waals surface area contributed by atoms with Crippen molar-refractivity contribution in [2.75, 3.05) is 16.8 Å². The highest BCUT2D eigenvalue weighted by Crippen LogP contribution is 2.24. The predicted molar refractivity (Wildman–Crippen MR) is 70.1 cm³/mol. The van der Waals surface area contributed by atoms with Gasteiger partial charge in [0.15, 0.2) is 0 Å². The van der Waals surface area contributed by atoms with Gasteiger partial charge in [0.05, 0.1) is 0 Å². The minimum absolute atomic E-state index is 0.136. The molecule has 0 aliphatic carbocycles. The summed E-state index contributed by atoms with van der Waals surface area (Å²) in [7, 11) is 0. The maximum absolute atomic E-state index is 11.9. The Morgan fingerprint density at radius 3 is 3.12 bits per heavy atom. The second kappa shape index (κ2) is 5.60. The molecule has 0 radical (unpaired) electrons. The van der Waals surface area contributed by atoms with Gasteiger partial charge in [-0.25, -0.2) is 0 Å². The van der Waals surface area contributed by atoms with Crippen LogP contribution in [0.5, 0.6) is 0 Å². The van der Waals surface area contributed by atoms with E-state index in [0.29, 0.717) is 5.88 Å². The van der Waals surface area contributed by atoms with Crippen LogP contribution in [0, 0.1) is 5.92 Å². The Labute approximate surface area is 105 Å². The second-order valence-electron chi connectivity index (χ2n) is 3.88. The van der Waals surface area contributed by atoms with Crippen molar-refractivity contribution in [3.05, 3.63) is 29.8 Å². The van der Waals surface area contributed by atoms with E-state index >= 15 is 0 Å². The maximum atomic E-state index is 11.9. The van der Waals surface area contributed by atoms with E-state index in [4.69, 9.17) is 11.6 Å². The number of nitrogens with one attached hydrogen (secondary N) is 1. The van der Waals surface area contributed by atoms with Crippen molar-refractivity contribution >= 4 is 35.0 Å². The zero-order valence-electron chi connectivity index (χ0n) is 8.91. The van der Waals surface area contributed by atoms with Crippen LogP contribution in [0.2, 0.25) is 0 Å². The van der Waals surface area contributed by atoms with Crippen molar-refractivity contribution in [3.8, 4) is 0 Å². The Balaban J connectivity index is 1.99. The predicted octanol–water partition coefficient (Wildman–Crippen LogP) is 3.12. The van der Waals surface area contributed by atoms with Gasteiger partial charge in [0.1, 0.15) is 0 Å². The van der Waals surface area contributed by atoms with Crippen LogP contribution in [0.25, 0.3) is 0 Å². The standard InChI is InChI=1S/C12H14ClNOS/c13-7-9-2-1-3-11(6-9)14-12(15)10-4-5-16-8-10/h1-3,6,10H,4-5,7-8H2,(H,14,15). The molecule has 2 nitrogen and oxygen atoms in total. The highest BCUT2D eigenvalue weighted by Gasteiger charge is 2.22. The van der Waals surface area contributed by atoms with Gasteiger partial charge in [0, 0.05) is 23.2 Å². The number of anilines is 1. The van der Waals surface area contributed by atoms with Gasteiger partial charge in [-0.15, -0.1) is 11.6 Å². The summed E-state index contributed by atoms with van der Waals surface area (Å²) < 4.78 is 0. The Morgan fingerprint density at radius 1 is 1.56 bits per heavy atom. The minimum Gasteiger partial charge on any atom is -0.326 e. The molecule has 1 atom stereocenters. The molecular weight excluding hydrogens is 242 g/mol. The molecule has 1 N–H and O–H groups in total. The molecule has 1 fully saturated rings. The summed E-state index contributed by atoms with van der Waals surface area (Å²) in [4.78, 5) is 11.9. The molecule has 0 aromatic heterocycles. The van der Waals surface area contributed by atoms with Gasteiger partial charge in [-0.1, -0.05) is 12.1 Å². The number of hydrogen-bond donors (Lipinski definition) is 1. The number of halogens is 1. The molecular formula is C12H14ClNOS. The lowest BCUT2D eigenvalue weighted by Crippen LogP contribution is -2.22. The average molecular weight is 256 g/mol. The summed E-state index contributed by atoms with van der Waals surface area (Å²) in [6.07, 6.45) is 0.992. The minimum atomic E-state index is 0.136. The Hall–Kier alpha value is -0.670. The quantitative estimate of drug-likeness (QED) is 0.841. The second-order valence-corrected chi connectivity index (χ2v) is 5.30. The van der Waals surface area contributed by atoms with E-state index in [1.54, 1.807) is 0 Å². The van der Waals surface area contributed by atoms with Crippen LogP contribution in [0.4, 0.5) is 5.69 Å². The molecule has 86 valence electrons. The van der Waals surface area contributed by atoms with E-state index in [2.05, 4.69) is 5.32 Å². The zero-order chi connectivity index (χ0) is 11.4. The molecule has 1 aromatic rings. The van der Waals surface area contributed by atoms with E-state index in [-0.39, 0.29) is 11.8 Å². The fourth-order valence-corrected chi connectivity index (χ4v) is 3.10. The summed E-state index contributed by atoms with van der Waals surface area (Å²) in [5.74, 6) is 2.82. The first-order valence-corrected chi connectivity index (χ1v) is 7.02. The third-order valence-electron chi connectivity index (χ3n) is 2.65. The Bertz CT molecular complexity index is 377. The third-order valence-corrected chi connectivity index (χ3v) is 4.12. The Kier molecular flexibility index (Phi) is 4.13. The summed E-state index contributed by atoms with van der Waals surface area (Å²) >= 11 is 7.59. The molecule has 1 unspecified atom stereocenters. The number of hydrogen-bond acceptors (Lipinski definition) is 2. The van der Waals surface area contributed by atoms with Gasteiger partial charge in [-0.05, 0) is 29.9 Å². The number of thioether (sulfide) groups is 1. The van der Waals surface area contributed by atoms with Crippen molar-refractivity contribution in [2.45, 2.75) is 12.3 Å². The monoisotopic (exact) mass is 255 g/mol. The first-order chi connectivity index (χ1) is 7.79. The smallest absolute Gasteiger partial charge is 0.228 e. The molecule has 1 amide bonds. The normalized spacial score (nSPS) is 19.7. The van der Waals surface area contributed by atoms with Gasteiger partial charge in [-0.2, -0.15) is 11.8 Å². The van der Waals surface area contributed by atoms with Crippen LogP contribution in [-0.4, -0.2) is 17.4 Å². The Morgan fingerprint density at radius 2 is 2.44 bits per heavy atom. The molecule has 1 heterocycles. The van der Waals surface area contributed by atoms with Crippen molar-refractivity contribution in [1.82, 2.24) is 0 Å². The van der Waals surface area contributed by atoms with Gasteiger partial charge >= 0.3 is 0 Å². The number of carbonyl (C=O) groups is 1. The fraction of sp³-hybridized carbons (Fsp3) is 0.417. The van der Waals surface area contributed by atoms with E-state index in [0.717, 1.165) is 29.2 Å². The lowest BCUT2D eigenvalue weighted by Gasteiger charge is -2.10. The van der Waals surface area contributed by atoms with Crippen LogP contribution in [-0.2, 0) is 10.7 Å². The molecule has 0 saturated carbocycles. The van der Waals surface area contributed by atoms with Gasteiger partial charge in [0.25, 0.3) is 0 Å². The molecule has 1 saturated heterocycles. The van der Waals surface area contributed by atoms with Crippen LogP contribution in [0.15, 0.2) is 24.3 Å². The molecule has 1 aliphatic heterocycles. The third kappa shape index (κ3) is 2.92. The molecule has 1 aromatic carbocycles. The zero-order valence-corrected chi connectivity index (χ0v) is 10.5.